The zero-order valence-corrected chi connectivity index (χ0v) is 12.4. The Morgan fingerprint density at radius 2 is 2.05 bits per heavy atom. The highest BCUT2D eigenvalue weighted by molar-refractivity contribution is 5.83. The predicted octanol–water partition coefficient (Wildman–Crippen LogP) is 0.120. The number of aryl methyl sites for hydroxylation is 1. The first-order valence-corrected chi connectivity index (χ1v) is 6.95. The molecule has 1 aromatic carbocycles. The number of primary amides is 1. The average molecular weight is 302 g/mol. The van der Waals surface area contributed by atoms with E-state index in [1.807, 2.05) is 6.07 Å². The molecule has 0 aliphatic carbocycles. The number of nitrogens with zero attached hydrogens (tertiary/aromatic N) is 3. The van der Waals surface area contributed by atoms with Crippen molar-refractivity contribution in [2.45, 2.75) is 19.4 Å². The van der Waals surface area contributed by atoms with Crippen molar-refractivity contribution in [1.29, 1.82) is 0 Å². The number of likely N-dealkylation sites (N-methyl/N-ethyl adjacent to an activating group) is 1. The van der Waals surface area contributed by atoms with E-state index in [0.717, 1.165) is 0 Å². The first kappa shape index (κ1) is 15.7. The summed E-state index contributed by atoms with van der Waals surface area (Å²) < 4.78 is 1.49. The highest BCUT2D eigenvalue weighted by atomic mass is 16.2. The standard InChI is InChI=1S/C15H18N4O3/c1-18(9-13(16)20)14(21)7-4-8-19-10-17-12-6-3-2-5-11(12)15(19)22/h2-3,5-6,10H,4,7-9H2,1H3,(H2,16,20). The number of rotatable bonds is 6. The van der Waals surface area contributed by atoms with E-state index >= 15 is 0 Å². The van der Waals surface area contributed by atoms with Crippen LogP contribution in [-0.2, 0) is 16.1 Å². The van der Waals surface area contributed by atoms with Gasteiger partial charge in [0, 0.05) is 20.0 Å². The van der Waals surface area contributed by atoms with E-state index in [1.165, 1.54) is 22.8 Å². The van der Waals surface area contributed by atoms with Crippen LogP contribution in [0.25, 0.3) is 10.9 Å². The first-order valence-electron chi connectivity index (χ1n) is 6.95. The van der Waals surface area contributed by atoms with Crippen LogP contribution in [0.15, 0.2) is 35.4 Å². The molecule has 0 atom stereocenters. The van der Waals surface area contributed by atoms with Gasteiger partial charge in [0.25, 0.3) is 5.56 Å². The number of aromatic nitrogens is 2. The summed E-state index contributed by atoms with van der Waals surface area (Å²) in [5, 5.41) is 0.558. The van der Waals surface area contributed by atoms with Crippen LogP contribution in [0.1, 0.15) is 12.8 Å². The van der Waals surface area contributed by atoms with Crippen LogP contribution < -0.4 is 11.3 Å². The third kappa shape index (κ3) is 3.69. The Hall–Kier alpha value is -2.70. The second kappa shape index (κ2) is 6.84. The molecule has 0 fully saturated rings. The summed E-state index contributed by atoms with van der Waals surface area (Å²) in [5.74, 6) is -0.730. The molecule has 7 heteroatoms. The van der Waals surface area contributed by atoms with Gasteiger partial charge in [-0.1, -0.05) is 12.1 Å². The van der Waals surface area contributed by atoms with E-state index in [9.17, 15) is 14.4 Å². The van der Waals surface area contributed by atoms with Gasteiger partial charge in [-0.15, -0.1) is 0 Å². The quantitative estimate of drug-likeness (QED) is 0.819. The molecule has 2 amide bonds. The van der Waals surface area contributed by atoms with E-state index < -0.39 is 5.91 Å². The van der Waals surface area contributed by atoms with Crippen molar-refractivity contribution in [2.75, 3.05) is 13.6 Å². The minimum atomic E-state index is -0.550. The predicted molar refractivity (Wildman–Crippen MR) is 82.1 cm³/mol. The van der Waals surface area contributed by atoms with Crippen molar-refractivity contribution in [3.63, 3.8) is 0 Å². The number of para-hydroxylation sites is 1. The van der Waals surface area contributed by atoms with Crippen molar-refractivity contribution in [3.8, 4) is 0 Å². The highest BCUT2D eigenvalue weighted by Gasteiger charge is 2.11. The molecule has 2 rings (SSSR count). The van der Waals surface area contributed by atoms with Gasteiger partial charge in [-0.2, -0.15) is 0 Å². The Bertz CT molecular complexity index is 754. The molecule has 116 valence electrons. The Labute approximate surface area is 127 Å². The maximum absolute atomic E-state index is 12.2. The topological polar surface area (TPSA) is 98.3 Å². The number of hydrogen-bond donors (Lipinski definition) is 1. The fourth-order valence-electron chi connectivity index (χ4n) is 2.18. The van der Waals surface area contributed by atoms with E-state index in [-0.39, 0.29) is 24.4 Å². The molecule has 0 bridgehead atoms. The third-order valence-electron chi connectivity index (χ3n) is 3.34. The molecule has 0 aliphatic rings. The largest absolute Gasteiger partial charge is 0.368 e. The molecule has 0 saturated carbocycles. The van der Waals surface area contributed by atoms with Gasteiger partial charge in [0.15, 0.2) is 0 Å². The minimum absolute atomic E-state index is 0.101. The van der Waals surface area contributed by atoms with Crippen LogP contribution in [0.4, 0.5) is 0 Å². The number of amides is 2. The van der Waals surface area contributed by atoms with Gasteiger partial charge in [-0.25, -0.2) is 4.98 Å². The van der Waals surface area contributed by atoms with Gasteiger partial charge in [0.1, 0.15) is 0 Å². The number of nitrogens with two attached hydrogens (primary N) is 1. The number of carbonyl (C=O) groups excluding carboxylic acids is 2. The van der Waals surface area contributed by atoms with E-state index in [0.29, 0.717) is 23.9 Å². The van der Waals surface area contributed by atoms with Gasteiger partial charge in [-0.3, -0.25) is 19.0 Å². The van der Waals surface area contributed by atoms with Crippen molar-refractivity contribution >= 4 is 22.7 Å². The van der Waals surface area contributed by atoms with Crippen LogP contribution in [0, 0.1) is 0 Å². The summed E-state index contributed by atoms with van der Waals surface area (Å²) in [4.78, 5) is 40.3. The fraction of sp³-hybridized carbons (Fsp3) is 0.333. The lowest BCUT2D eigenvalue weighted by Crippen LogP contribution is -2.35. The molecule has 0 saturated heterocycles. The van der Waals surface area contributed by atoms with E-state index in [4.69, 9.17) is 5.73 Å². The Kier molecular flexibility index (Phi) is 4.88. The van der Waals surface area contributed by atoms with Crippen LogP contribution in [0.3, 0.4) is 0 Å². The van der Waals surface area contributed by atoms with Crippen molar-refractivity contribution in [3.05, 3.63) is 40.9 Å². The summed E-state index contributed by atoms with van der Waals surface area (Å²) in [6, 6.07) is 7.13. The number of benzene rings is 1. The number of fused-ring (bicyclic) bond motifs is 1. The molecule has 1 heterocycles. The smallest absolute Gasteiger partial charge is 0.261 e. The zero-order valence-electron chi connectivity index (χ0n) is 12.4. The van der Waals surface area contributed by atoms with Gasteiger partial charge in [-0.05, 0) is 18.6 Å². The SMILES string of the molecule is CN(CC(N)=O)C(=O)CCCn1cnc2ccccc2c1=O. The fourth-order valence-corrected chi connectivity index (χ4v) is 2.18. The van der Waals surface area contributed by atoms with Gasteiger partial charge in [0.05, 0.1) is 23.8 Å². The molecule has 0 spiro atoms. The number of carbonyl (C=O) groups is 2. The Balaban J connectivity index is 1.98. The summed E-state index contributed by atoms with van der Waals surface area (Å²) in [6.45, 7) is 0.295. The van der Waals surface area contributed by atoms with Crippen LogP contribution >= 0.6 is 0 Å². The normalized spacial score (nSPS) is 10.6. The first-order chi connectivity index (χ1) is 10.5. The molecule has 2 N–H and O–H groups in total. The Morgan fingerprint density at radius 3 is 2.77 bits per heavy atom. The van der Waals surface area contributed by atoms with E-state index in [1.54, 1.807) is 18.2 Å². The number of hydrogen-bond acceptors (Lipinski definition) is 4. The Morgan fingerprint density at radius 1 is 1.32 bits per heavy atom. The van der Waals surface area contributed by atoms with Crippen molar-refractivity contribution < 1.29 is 9.59 Å². The minimum Gasteiger partial charge on any atom is -0.368 e. The van der Waals surface area contributed by atoms with Crippen molar-refractivity contribution in [2.24, 2.45) is 5.73 Å². The molecule has 22 heavy (non-hydrogen) atoms. The molecule has 2 aromatic rings. The highest BCUT2D eigenvalue weighted by Crippen LogP contribution is 2.05. The molecular weight excluding hydrogens is 284 g/mol. The lowest BCUT2D eigenvalue weighted by Gasteiger charge is -2.15. The third-order valence-corrected chi connectivity index (χ3v) is 3.34. The molecule has 7 nitrogen and oxygen atoms in total. The van der Waals surface area contributed by atoms with E-state index in [2.05, 4.69) is 4.98 Å². The van der Waals surface area contributed by atoms with Crippen LogP contribution in [-0.4, -0.2) is 39.9 Å². The second-order valence-corrected chi connectivity index (χ2v) is 5.08. The zero-order chi connectivity index (χ0) is 16.1. The lowest BCUT2D eigenvalue weighted by atomic mass is 10.2. The summed E-state index contributed by atoms with van der Waals surface area (Å²) >= 11 is 0. The summed E-state index contributed by atoms with van der Waals surface area (Å²) in [5.41, 5.74) is 5.57. The maximum Gasteiger partial charge on any atom is 0.261 e. The second-order valence-electron chi connectivity index (χ2n) is 5.08. The monoisotopic (exact) mass is 302 g/mol. The molecule has 1 aromatic heterocycles. The molecular formula is C15H18N4O3. The lowest BCUT2D eigenvalue weighted by molar-refractivity contribution is -0.133. The molecule has 0 aliphatic heterocycles. The van der Waals surface area contributed by atoms with Crippen LogP contribution in [0.5, 0.6) is 0 Å². The van der Waals surface area contributed by atoms with Gasteiger partial charge in [0.2, 0.25) is 11.8 Å². The van der Waals surface area contributed by atoms with Crippen molar-refractivity contribution in [1.82, 2.24) is 14.5 Å². The summed E-state index contributed by atoms with van der Waals surface area (Å²) in [6.07, 6.45) is 2.22. The summed E-state index contributed by atoms with van der Waals surface area (Å²) in [7, 11) is 1.52. The maximum atomic E-state index is 12.2. The van der Waals surface area contributed by atoms with Crippen LogP contribution in [0.2, 0.25) is 0 Å². The van der Waals surface area contributed by atoms with Gasteiger partial charge >= 0.3 is 0 Å². The average Bonchev–Trinajstić information content (AvgIpc) is 2.49. The molecule has 0 unspecified atom stereocenters. The van der Waals surface area contributed by atoms with Gasteiger partial charge < -0.3 is 10.6 Å². The molecule has 0 radical (unpaired) electrons.